The average molecular weight is 209 g/mol. The number of pyridine rings is 1. The molecule has 78 valence electrons. The summed E-state index contributed by atoms with van der Waals surface area (Å²) in [4.78, 5) is 15.7. The van der Waals surface area contributed by atoms with Gasteiger partial charge in [-0.3, -0.25) is 9.78 Å². The van der Waals surface area contributed by atoms with E-state index in [1.807, 2.05) is 30.5 Å². The lowest BCUT2D eigenvalue weighted by Crippen LogP contribution is -1.92. The normalized spacial score (nSPS) is 12.1. The molecule has 2 aromatic rings. The topological polar surface area (TPSA) is 30.0 Å². The van der Waals surface area contributed by atoms with E-state index in [0.717, 1.165) is 23.2 Å². The number of rotatable bonds is 1. The van der Waals surface area contributed by atoms with Crippen LogP contribution in [0.15, 0.2) is 36.5 Å². The molecule has 3 rings (SSSR count). The summed E-state index contributed by atoms with van der Waals surface area (Å²) in [6.45, 7) is 1.60. The SMILES string of the molecule is CC(=O)c1ccc2c(c1)-c1cccnc1C2. The van der Waals surface area contributed by atoms with Crippen molar-refractivity contribution in [3.63, 3.8) is 0 Å². The van der Waals surface area contributed by atoms with Crippen LogP contribution in [0.5, 0.6) is 0 Å². The third-order valence-electron chi connectivity index (χ3n) is 3.05. The maximum Gasteiger partial charge on any atom is 0.159 e. The number of hydrogen-bond acceptors (Lipinski definition) is 2. The summed E-state index contributed by atoms with van der Waals surface area (Å²) in [5.74, 6) is 0.111. The van der Waals surface area contributed by atoms with Crippen molar-refractivity contribution in [1.29, 1.82) is 0 Å². The number of benzene rings is 1. The molecule has 1 aromatic carbocycles. The molecule has 0 atom stereocenters. The molecule has 2 nitrogen and oxygen atoms in total. The van der Waals surface area contributed by atoms with Crippen LogP contribution in [0.4, 0.5) is 0 Å². The van der Waals surface area contributed by atoms with E-state index >= 15 is 0 Å². The van der Waals surface area contributed by atoms with Crippen LogP contribution in [-0.2, 0) is 6.42 Å². The lowest BCUT2D eigenvalue weighted by molar-refractivity contribution is 0.101. The van der Waals surface area contributed by atoms with Gasteiger partial charge >= 0.3 is 0 Å². The second kappa shape index (κ2) is 3.27. The average Bonchev–Trinajstić information content (AvgIpc) is 2.66. The molecule has 16 heavy (non-hydrogen) atoms. The van der Waals surface area contributed by atoms with Gasteiger partial charge in [-0.1, -0.05) is 18.2 Å². The predicted octanol–water partition coefficient (Wildman–Crippen LogP) is 2.86. The van der Waals surface area contributed by atoms with Gasteiger partial charge in [0.15, 0.2) is 5.78 Å². The van der Waals surface area contributed by atoms with Crippen molar-refractivity contribution in [1.82, 2.24) is 4.98 Å². The number of aromatic nitrogens is 1. The second-order valence-corrected chi connectivity index (χ2v) is 4.10. The molecule has 0 saturated carbocycles. The van der Waals surface area contributed by atoms with Gasteiger partial charge in [-0.25, -0.2) is 0 Å². The zero-order valence-corrected chi connectivity index (χ0v) is 9.03. The van der Waals surface area contributed by atoms with E-state index in [1.165, 1.54) is 11.1 Å². The summed E-state index contributed by atoms with van der Waals surface area (Å²) < 4.78 is 0. The Morgan fingerprint density at radius 2 is 2.12 bits per heavy atom. The minimum absolute atomic E-state index is 0.111. The number of carbonyl (C=O) groups is 1. The van der Waals surface area contributed by atoms with Crippen molar-refractivity contribution in [2.45, 2.75) is 13.3 Å². The van der Waals surface area contributed by atoms with Gasteiger partial charge in [0, 0.05) is 23.7 Å². The minimum atomic E-state index is 0.111. The third kappa shape index (κ3) is 1.27. The lowest BCUT2D eigenvalue weighted by Gasteiger charge is -2.02. The first kappa shape index (κ1) is 9.28. The smallest absolute Gasteiger partial charge is 0.159 e. The monoisotopic (exact) mass is 209 g/mol. The first-order valence-corrected chi connectivity index (χ1v) is 5.34. The Labute approximate surface area is 94.0 Å². The molecule has 0 unspecified atom stereocenters. The summed E-state index contributed by atoms with van der Waals surface area (Å²) >= 11 is 0. The largest absolute Gasteiger partial charge is 0.295 e. The van der Waals surface area contributed by atoms with Gasteiger partial charge in [0.25, 0.3) is 0 Å². The highest BCUT2D eigenvalue weighted by Crippen LogP contribution is 2.35. The molecule has 1 aliphatic carbocycles. The standard InChI is InChI=1S/C14H11NO/c1-9(16)10-4-5-11-8-14-12(13(11)7-10)3-2-6-15-14/h2-7H,8H2,1H3. The van der Waals surface area contributed by atoms with E-state index in [2.05, 4.69) is 11.1 Å². The Kier molecular flexibility index (Phi) is 1.90. The zero-order chi connectivity index (χ0) is 11.1. The van der Waals surface area contributed by atoms with E-state index < -0.39 is 0 Å². The molecule has 2 heteroatoms. The quantitative estimate of drug-likeness (QED) is 0.577. The number of carbonyl (C=O) groups excluding carboxylic acids is 1. The van der Waals surface area contributed by atoms with Crippen molar-refractivity contribution >= 4 is 5.78 Å². The molecule has 0 bridgehead atoms. The van der Waals surface area contributed by atoms with Gasteiger partial charge < -0.3 is 0 Å². The van der Waals surface area contributed by atoms with Crippen molar-refractivity contribution in [2.75, 3.05) is 0 Å². The van der Waals surface area contributed by atoms with E-state index in [9.17, 15) is 4.79 Å². The number of ketones is 1. The predicted molar refractivity (Wildman–Crippen MR) is 62.5 cm³/mol. The fraction of sp³-hybridized carbons (Fsp3) is 0.143. The van der Waals surface area contributed by atoms with Crippen LogP contribution in [0.1, 0.15) is 28.5 Å². The lowest BCUT2D eigenvalue weighted by atomic mass is 10.0. The Balaban J connectivity index is 2.22. The second-order valence-electron chi connectivity index (χ2n) is 4.10. The Morgan fingerprint density at radius 1 is 1.25 bits per heavy atom. The molecule has 1 aromatic heterocycles. The van der Waals surface area contributed by atoms with E-state index in [0.29, 0.717) is 0 Å². The molecule has 1 aliphatic rings. The van der Waals surface area contributed by atoms with Gasteiger partial charge in [0.2, 0.25) is 0 Å². The van der Waals surface area contributed by atoms with E-state index in [1.54, 1.807) is 6.92 Å². The zero-order valence-electron chi connectivity index (χ0n) is 9.03. The van der Waals surface area contributed by atoms with Crippen LogP contribution in [0, 0.1) is 0 Å². The van der Waals surface area contributed by atoms with Crippen molar-refractivity contribution < 1.29 is 4.79 Å². The summed E-state index contributed by atoms with van der Waals surface area (Å²) in [6, 6.07) is 9.92. The molecule has 0 radical (unpaired) electrons. The Hall–Kier alpha value is -1.96. The molecule has 0 aliphatic heterocycles. The Morgan fingerprint density at radius 3 is 2.94 bits per heavy atom. The fourth-order valence-corrected chi connectivity index (χ4v) is 2.20. The molecule has 0 spiro atoms. The first-order valence-electron chi connectivity index (χ1n) is 5.34. The molecule has 1 heterocycles. The number of Topliss-reactive ketones (excluding diaryl/α,β-unsaturated/α-hetero) is 1. The van der Waals surface area contributed by atoms with Crippen LogP contribution >= 0.6 is 0 Å². The van der Waals surface area contributed by atoms with Gasteiger partial charge in [-0.2, -0.15) is 0 Å². The van der Waals surface area contributed by atoms with E-state index in [4.69, 9.17) is 0 Å². The summed E-state index contributed by atoms with van der Waals surface area (Å²) in [5.41, 5.74) is 5.48. The fourth-order valence-electron chi connectivity index (χ4n) is 2.20. The third-order valence-corrected chi connectivity index (χ3v) is 3.05. The summed E-state index contributed by atoms with van der Waals surface area (Å²) in [5, 5.41) is 0. The van der Waals surface area contributed by atoms with Gasteiger partial charge in [-0.15, -0.1) is 0 Å². The van der Waals surface area contributed by atoms with E-state index in [-0.39, 0.29) is 5.78 Å². The van der Waals surface area contributed by atoms with Crippen LogP contribution in [-0.4, -0.2) is 10.8 Å². The van der Waals surface area contributed by atoms with Crippen molar-refractivity contribution in [3.8, 4) is 11.1 Å². The van der Waals surface area contributed by atoms with Crippen LogP contribution in [0.3, 0.4) is 0 Å². The van der Waals surface area contributed by atoms with Crippen LogP contribution in [0.2, 0.25) is 0 Å². The highest BCUT2D eigenvalue weighted by molar-refractivity contribution is 5.96. The highest BCUT2D eigenvalue weighted by Gasteiger charge is 2.19. The summed E-state index contributed by atoms with van der Waals surface area (Å²) in [7, 11) is 0. The molecule has 0 N–H and O–H groups in total. The van der Waals surface area contributed by atoms with Crippen molar-refractivity contribution in [3.05, 3.63) is 53.3 Å². The van der Waals surface area contributed by atoms with Crippen LogP contribution in [0.25, 0.3) is 11.1 Å². The molecule has 0 amide bonds. The Bertz CT molecular complexity index is 587. The highest BCUT2D eigenvalue weighted by atomic mass is 16.1. The minimum Gasteiger partial charge on any atom is -0.295 e. The summed E-state index contributed by atoms with van der Waals surface area (Å²) in [6.07, 6.45) is 2.69. The molecular formula is C14H11NO. The maximum atomic E-state index is 11.3. The molecular weight excluding hydrogens is 198 g/mol. The van der Waals surface area contributed by atoms with Gasteiger partial charge in [0.1, 0.15) is 0 Å². The maximum absolute atomic E-state index is 11.3. The first-order chi connectivity index (χ1) is 7.75. The van der Waals surface area contributed by atoms with Gasteiger partial charge in [0.05, 0.1) is 5.69 Å². The number of hydrogen-bond donors (Lipinski definition) is 0. The number of nitrogens with zero attached hydrogens (tertiary/aromatic N) is 1. The van der Waals surface area contributed by atoms with Crippen molar-refractivity contribution in [2.24, 2.45) is 0 Å². The van der Waals surface area contributed by atoms with Crippen LogP contribution < -0.4 is 0 Å². The number of fused-ring (bicyclic) bond motifs is 3. The van der Waals surface area contributed by atoms with Gasteiger partial charge in [-0.05, 0) is 30.2 Å². The molecule has 0 saturated heterocycles. The molecule has 0 fully saturated rings.